The highest BCUT2D eigenvalue weighted by molar-refractivity contribution is 6.32. The maximum Gasteiger partial charge on any atom is 0.329 e. The van der Waals surface area contributed by atoms with Gasteiger partial charge in [0.15, 0.2) is 11.5 Å². The molecule has 1 aliphatic heterocycles. The van der Waals surface area contributed by atoms with Gasteiger partial charge in [0.2, 0.25) is 0 Å². The predicted molar refractivity (Wildman–Crippen MR) is 89.6 cm³/mol. The molecule has 134 valence electrons. The normalized spacial score (nSPS) is 15.5. The van der Waals surface area contributed by atoms with Crippen LogP contribution in [0.3, 0.4) is 0 Å². The van der Waals surface area contributed by atoms with Crippen LogP contribution < -0.4 is 14.8 Å². The van der Waals surface area contributed by atoms with Crippen molar-refractivity contribution in [2.75, 3.05) is 19.8 Å². The molecule has 1 aliphatic rings. The molecule has 0 spiro atoms. The lowest BCUT2D eigenvalue weighted by Gasteiger charge is -2.13. The minimum atomic E-state index is -1.29. The molecule has 0 unspecified atom stereocenters. The van der Waals surface area contributed by atoms with Gasteiger partial charge in [0.05, 0.1) is 18.2 Å². The standard InChI is InChI=1S/C16H17ClN2O6/c1-3-24-12-6-9(10(17)7-13(12)25-4-2)5-11-15(22)19(8-14(20)21)16(23)18-11/h5-7H,3-4,8H2,1-2H3,(H,18,23)(H,20,21)/b11-5+. The van der Waals surface area contributed by atoms with Gasteiger partial charge in [-0.1, -0.05) is 11.6 Å². The molecule has 0 aromatic heterocycles. The molecule has 0 aliphatic carbocycles. The second-order valence-corrected chi connectivity index (χ2v) is 5.37. The van der Waals surface area contributed by atoms with Gasteiger partial charge in [-0.05, 0) is 31.6 Å². The van der Waals surface area contributed by atoms with Gasteiger partial charge in [-0.15, -0.1) is 0 Å². The predicted octanol–water partition coefficient (Wildman–Crippen LogP) is 2.11. The summed E-state index contributed by atoms with van der Waals surface area (Å²) in [5.41, 5.74) is 0.356. The third-order valence-electron chi connectivity index (χ3n) is 3.22. The lowest BCUT2D eigenvalue weighted by atomic mass is 10.1. The van der Waals surface area contributed by atoms with Crippen LogP contribution in [0.15, 0.2) is 17.8 Å². The number of carbonyl (C=O) groups is 3. The minimum absolute atomic E-state index is 0.0697. The highest BCUT2D eigenvalue weighted by Gasteiger charge is 2.35. The first-order chi connectivity index (χ1) is 11.9. The molecule has 1 aromatic carbocycles. The average molecular weight is 369 g/mol. The Hall–Kier alpha value is -2.74. The molecule has 2 rings (SSSR count). The van der Waals surface area contributed by atoms with E-state index in [0.29, 0.717) is 35.2 Å². The van der Waals surface area contributed by atoms with Crippen molar-refractivity contribution >= 4 is 35.6 Å². The van der Waals surface area contributed by atoms with E-state index in [1.807, 2.05) is 13.8 Å². The van der Waals surface area contributed by atoms with Crippen LogP contribution in [0.5, 0.6) is 11.5 Å². The zero-order valence-electron chi connectivity index (χ0n) is 13.7. The van der Waals surface area contributed by atoms with E-state index in [0.717, 1.165) is 0 Å². The van der Waals surface area contributed by atoms with Gasteiger partial charge < -0.3 is 19.9 Å². The number of carboxylic acid groups (broad SMARTS) is 1. The van der Waals surface area contributed by atoms with E-state index < -0.39 is 24.5 Å². The topological polar surface area (TPSA) is 105 Å². The largest absolute Gasteiger partial charge is 0.490 e. The number of halogens is 1. The van der Waals surface area contributed by atoms with Gasteiger partial charge in [-0.25, -0.2) is 9.69 Å². The molecule has 8 nitrogen and oxygen atoms in total. The molecule has 1 saturated heterocycles. The highest BCUT2D eigenvalue weighted by Crippen LogP contribution is 2.35. The summed E-state index contributed by atoms with van der Waals surface area (Å²) in [6.07, 6.45) is 1.36. The summed E-state index contributed by atoms with van der Waals surface area (Å²) >= 11 is 6.21. The number of rotatable bonds is 7. The highest BCUT2D eigenvalue weighted by atomic mass is 35.5. The number of hydrogen-bond donors (Lipinski definition) is 2. The summed E-state index contributed by atoms with van der Waals surface area (Å²) in [5.74, 6) is -1.12. The van der Waals surface area contributed by atoms with E-state index in [1.165, 1.54) is 6.08 Å². The molecule has 25 heavy (non-hydrogen) atoms. The van der Waals surface area contributed by atoms with Crippen molar-refractivity contribution in [2.24, 2.45) is 0 Å². The van der Waals surface area contributed by atoms with Crippen molar-refractivity contribution < 1.29 is 29.0 Å². The third-order valence-corrected chi connectivity index (χ3v) is 3.55. The first kappa shape index (κ1) is 18.6. The maximum absolute atomic E-state index is 12.2. The van der Waals surface area contributed by atoms with Crippen LogP contribution in [0.2, 0.25) is 5.02 Å². The number of aliphatic carboxylic acids is 1. The number of nitrogens with zero attached hydrogens (tertiary/aromatic N) is 1. The fourth-order valence-electron chi connectivity index (χ4n) is 2.20. The quantitative estimate of drug-likeness (QED) is 0.564. The second-order valence-electron chi connectivity index (χ2n) is 4.96. The SMILES string of the molecule is CCOc1cc(Cl)c(/C=C2/NC(=O)N(CC(=O)O)C2=O)cc1OCC. The van der Waals surface area contributed by atoms with Crippen LogP contribution in [0.4, 0.5) is 4.79 Å². The Labute approximate surface area is 149 Å². The van der Waals surface area contributed by atoms with E-state index in [2.05, 4.69) is 5.32 Å². The summed E-state index contributed by atoms with van der Waals surface area (Å²) in [7, 11) is 0. The number of hydrogen-bond acceptors (Lipinski definition) is 5. The summed E-state index contributed by atoms with van der Waals surface area (Å²) in [6, 6.07) is 2.34. The van der Waals surface area contributed by atoms with Crippen LogP contribution in [0.25, 0.3) is 6.08 Å². The molecule has 1 heterocycles. The van der Waals surface area contributed by atoms with E-state index in [9.17, 15) is 14.4 Å². The third kappa shape index (κ3) is 4.21. The molecule has 0 atom stereocenters. The Morgan fingerprint density at radius 2 is 1.84 bits per heavy atom. The minimum Gasteiger partial charge on any atom is -0.490 e. The van der Waals surface area contributed by atoms with Crippen molar-refractivity contribution in [3.05, 3.63) is 28.4 Å². The molecule has 9 heteroatoms. The summed E-state index contributed by atoms with van der Waals surface area (Å²) < 4.78 is 11.0. The molecule has 1 aromatic rings. The van der Waals surface area contributed by atoms with Gasteiger partial charge in [0, 0.05) is 6.07 Å². The van der Waals surface area contributed by atoms with Gasteiger partial charge in [0.25, 0.3) is 5.91 Å². The fraction of sp³-hybridized carbons (Fsp3) is 0.312. The molecule has 1 fully saturated rings. The van der Waals surface area contributed by atoms with Crippen molar-refractivity contribution in [2.45, 2.75) is 13.8 Å². The van der Waals surface area contributed by atoms with Crippen molar-refractivity contribution in [3.63, 3.8) is 0 Å². The molecule has 0 radical (unpaired) electrons. The Morgan fingerprint density at radius 1 is 1.24 bits per heavy atom. The number of imide groups is 1. The lowest BCUT2D eigenvalue weighted by Crippen LogP contribution is -2.35. The molecule has 0 saturated carbocycles. The van der Waals surface area contributed by atoms with Crippen LogP contribution in [-0.4, -0.2) is 47.7 Å². The van der Waals surface area contributed by atoms with Gasteiger partial charge in [0.1, 0.15) is 12.2 Å². The number of carbonyl (C=O) groups excluding carboxylic acids is 2. The smallest absolute Gasteiger partial charge is 0.329 e. The average Bonchev–Trinajstić information content (AvgIpc) is 2.79. The van der Waals surface area contributed by atoms with Gasteiger partial charge >= 0.3 is 12.0 Å². The Bertz CT molecular complexity index is 746. The first-order valence-corrected chi connectivity index (χ1v) is 7.90. The van der Waals surface area contributed by atoms with E-state index >= 15 is 0 Å². The van der Waals surface area contributed by atoms with Gasteiger partial charge in [-0.3, -0.25) is 9.59 Å². The summed E-state index contributed by atoms with van der Waals surface area (Å²) in [4.78, 5) is 35.2. The van der Waals surface area contributed by atoms with Crippen LogP contribution in [-0.2, 0) is 9.59 Å². The molecular formula is C16H17ClN2O6. The van der Waals surface area contributed by atoms with Crippen molar-refractivity contribution in [1.29, 1.82) is 0 Å². The zero-order valence-corrected chi connectivity index (χ0v) is 14.4. The first-order valence-electron chi connectivity index (χ1n) is 7.52. The number of nitrogens with one attached hydrogen (secondary N) is 1. The number of amides is 3. The van der Waals surface area contributed by atoms with E-state index in [1.54, 1.807) is 12.1 Å². The molecular weight excluding hydrogens is 352 g/mol. The fourth-order valence-corrected chi connectivity index (χ4v) is 2.41. The second kappa shape index (κ2) is 7.89. The number of urea groups is 1. The van der Waals surface area contributed by atoms with E-state index in [-0.39, 0.29) is 10.7 Å². The van der Waals surface area contributed by atoms with Crippen molar-refractivity contribution in [3.8, 4) is 11.5 Å². The number of benzene rings is 1. The van der Waals surface area contributed by atoms with Crippen LogP contribution in [0.1, 0.15) is 19.4 Å². The summed E-state index contributed by atoms with van der Waals surface area (Å²) in [6.45, 7) is 3.74. The molecule has 2 N–H and O–H groups in total. The molecule has 3 amide bonds. The maximum atomic E-state index is 12.2. The van der Waals surface area contributed by atoms with Crippen molar-refractivity contribution in [1.82, 2.24) is 10.2 Å². The number of ether oxygens (including phenoxy) is 2. The Kier molecular flexibility index (Phi) is 5.87. The Morgan fingerprint density at radius 3 is 2.40 bits per heavy atom. The summed E-state index contributed by atoms with van der Waals surface area (Å²) in [5, 5.41) is 11.4. The van der Waals surface area contributed by atoms with Gasteiger partial charge in [-0.2, -0.15) is 0 Å². The lowest BCUT2D eigenvalue weighted by molar-refractivity contribution is -0.140. The monoisotopic (exact) mass is 368 g/mol. The van der Waals surface area contributed by atoms with E-state index in [4.69, 9.17) is 26.2 Å². The number of carboxylic acids is 1. The van der Waals surface area contributed by atoms with Crippen LogP contribution >= 0.6 is 11.6 Å². The van der Waals surface area contributed by atoms with Crippen LogP contribution in [0, 0.1) is 0 Å². The Balaban J connectivity index is 2.37. The molecule has 0 bridgehead atoms. The zero-order chi connectivity index (χ0) is 18.6.